The van der Waals surface area contributed by atoms with Gasteiger partial charge in [0.15, 0.2) is 19.6 Å². The number of carbonyl (C=O) groups excluding carboxylic acids is 2. The quantitative estimate of drug-likeness (QED) is 0.0138. The van der Waals surface area contributed by atoms with Gasteiger partial charge in [-0.1, -0.05) is 60.4 Å². The molecule has 0 fully saturated rings. The summed E-state index contributed by atoms with van der Waals surface area (Å²) in [6, 6.07) is 0. The number of quaternary nitrogens is 4. The first-order valence-electron chi connectivity index (χ1n) is 23.4. The van der Waals surface area contributed by atoms with Gasteiger partial charge in [-0.25, -0.2) is 19.2 Å². The molecule has 21 nitrogen and oxygen atoms in total. The predicted molar refractivity (Wildman–Crippen MR) is 280 cm³/mol. The summed E-state index contributed by atoms with van der Waals surface area (Å²) in [5.74, 6) is -3.70. The molecule has 0 amide bonds. The van der Waals surface area contributed by atoms with Crippen molar-refractivity contribution in [3.63, 3.8) is 0 Å². The molecular formula is C51H97N6O15+3. The van der Waals surface area contributed by atoms with Gasteiger partial charge < -0.3 is 83.7 Å². The van der Waals surface area contributed by atoms with Crippen molar-refractivity contribution in [3.8, 4) is 0 Å². The Morgan fingerprint density at radius 1 is 0.500 bits per heavy atom. The highest BCUT2D eigenvalue weighted by Crippen LogP contribution is 2.11. The zero-order valence-corrected chi connectivity index (χ0v) is 44.4. The Kier molecular flexibility index (Phi) is 43.1. The Balaban J connectivity index is -0.000000276. The number of carboxylic acid groups (broad SMARTS) is 4. The standard InChI is InChI=1S/C13H24N2O3.C13H23NO5.C12H22N2O3.C12H21NO4.CH4/c1-11(2)12(3)14-6-8-15(4,9-10-16)7-5-13(17)18;1-4-5-14(6-8-15,10-12(16)17)7-9-19-13(18)11(2)3;1-10(2)11(3)13-5-6-14(4,7-8-15)9-12(16)17;1-10(2)11(3)17-8-6-13(4,5-7-14)9-12(15)16;/h14,16H,1,3,5-10H2,2,4H3;15H,2,4-10H2,1,3H3;13,15H,1,3,5-9H2,2,4H3;14H,1,3,5-9H2,2,4H3;1H4/p+3. The number of aliphatic hydroxyl groups is 4. The fourth-order valence-corrected chi connectivity index (χ4v) is 6.38. The zero-order valence-electron chi connectivity index (χ0n) is 44.4. The molecule has 0 aliphatic carbocycles. The molecular weight excluding hydrogens is 937 g/mol. The van der Waals surface area contributed by atoms with Gasteiger partial charge in [0.1, 0.15) is 58.2 Å². The number of allylic oxidation sites excluding steroid dienone is 3. The molecule has 0 aromatic rings. The van der Waals surface area contributed by atoms with E-state index in [2.05, 4.69) is 56.7 Å². The number of rotatable bonds is 38. The second kappa shape index (κ2) is 41.1. The fourth-order valence-electron chi connectivity index (χ4n) is 6.38. The summed E-state index contributed by atoms with van der Waals surface area (Å²) in [6.45, 7) is 41.5. The monoisotopic (exact) mass is 1030 g/mol. The van der Waals surface area contributed by atoms with Crippen molar-refractivity contribution in [2.24, 2.45) is 0 Å². The average Bonchev–Trinajstić information content (AvgIpc) is 3.23. The van der Waals surface area contributed by atoms with E-state index in [0.29, 0.717) is 105 Å². The van der Waals surface area contributed by atoms with E-state index in [1.54, 1.807) is 20.9 Å². The van der Waals surface area contributed by atoms with Gasteiger partial charge in [-0.05, 0) is 50.8 Å². The number of hydrogen-bond donors (Lipinski definition) is 9. The second-order valence-corrected chi connectivity index (χ2v) is 18.4. The average molecular weight is 1030 g/mol. The number of carbonyl (C=O) groups is 5. The number of nitrogens with zero attached hydrogens (tertiary/aromatic N) is 4. The van der Waals surface area contributed by atoms with E-state index >= 15 is 0 Å². The number of carboxylic acids is 4. The van der Waals surface area contributed by atoms with Crippen LogP contribution < -0.4 is 15.7 Å². The molecule has 0 saturated carbocycles. The highest BCUT2D eigenvalue weighted by molar-refractivity contribution is 5.86. The first kappa shape index (κ1) is 75.5. The molecule has 0 aromatic heterocycles. The van der Waals surface area contributed by atoms with Crippen molar-refractivity contribution in [2.45, 2.75) is 54.9 Å². The molecule has 0 saturated heterocycles. The molecule has 4 atom stereocenters. The van der Waals surface area contributed by atoms with Gasteiger partial charge in [0.05, 0.1) is 86.8 Å². The van der Waals surface area contributed by atoms with Crippen LogP contribution in [0.1, 0.15) is 54.9 Å². The molecule has 9 N–H and O–H groups in total. The van der Waals surface area contributed by atoms with Crippen LogP contribution in [-0.4, -0.2) is 242 Å². The predicted octanol–water partition coefficient (Wildman–Crippen LogP) is 1.10. The third-order valence-corrected chi connectivity index (χ3v) is 11.1. The third kappa shape index (κ3) is 41.2. The lowest BCUT2D eigenvalue weighted by Crippen LogP contribution is -2.55. The maximum Gasteiger partial charge on any atom is 0.359 e. The van der Waals surface area contributed by atoms with E-state index in [-0.39, 0.29) is 75.5 Å². The van der Waals surface area contributed by atoms with Crippen LogP contribution in [0, 0.1) is 0 Å². The lowest BCUT2D eigenvalue weighted by Gasteiger charge is -2.36. The van der Waals surface area contributed by atoms with E-state index in [4.69, 9.17) is 45.2 Å². The third-order valence-electron chi connectivity index (χ3n) is 11.1. The molecule has 0 aliphatic rings. The van der Waals surface area contributed by atoms with Crippen LogP contribution in [-0.2, 0) is 33.4 Å². The summed E-state index contributed by atoms with van der Waals surface area (Å²) in [5.41, 5.74) is 4.34. The molecule has 0 aromatic carbocycles. The van der Waals surface area contributed by atoms with Gasteiger partial charge >= 0.3 is 23.9 Å². The lowest BCUT2D eigenvalue weighted by atomic mass is 10.2. The first-order chi connectivity index (χ1) is 32.8. The Labute approximate surface area is 431 Å². The van der Waals surface area contributed by atoms with E-state index in [1.165, 1.54) is 0 Å². The summed E-state index contributed by atoms with van der Waals surface area (Å²) in [5, 5.41) is 79.3. The highest BCUT2D eigenvalue weighted by atomic mass is 16.5. The Hall–Kier alpha value is -5.39. The molecule has 4 unspecified atom stereocenters. The summed E-state index contributed by atoms with van der Waals surface area (Å²) in [6.07, 6.45) is 0.791. The summed E-state index contributed by atoms with van der Waals surface area (Å²) < 4.78 is 11.6. The summed E-state index contributed by atoms with van der Waals surface area (Å²) in [7, 11) is 5.51. The Bertz CT molecular complexity index is 1670. The number of nitrogens with one attached hydrogen (secondary N) is 2. The molecule has 0 spiro atoms. The Morgan fingerprint density at radius 3 is 1.24 bits per heavy atom. The molecule has 0 heterocycles. The van der Waals surface area contributed by atoms with Gasteiger partial charge in [-0.3, -0.25) is 0 Å². The maximum atomic E-state index is 11.3. The SMILES string of the molecule is C.C=C(C)C(=C)NCC[N+](C)(CCO)CC(=O)O.C=C(C)C(=C)NCC[N+](C)(CCO)CCC(=O)[O-].C=C(C)C(=C)OCC[N+](C)(CCO)CC(=O)O.C=C(C)C(=O)OCC[N+](CCC)(CCO)CC(=O)O. The van der Waals surface area contributed by atoms with E-state index in [1.807, 2.05) is 34.9 Å². The number of aliphatic hydroxyl groups excluding tert-OH is 4. The number of hydrogen-bond acceptors (Lipinski definition) is 14. The number of aliphatic carboxylic acids is 4. The van der Waals surface area contributed by atoms with Gasteiger partial charge in [0.2, 0.25) is 0 Å². The zero-order chi connectivity index (χ0) is 56.0. The lowest BCUT2D eigenvalue weighted by molar-refractivity contribution is -0.921. The first-order valence-corrected chi connectivity index (χ1v) is 23.4. The van der Waals surface area contributed by atoms with Gasteiger partial charge in [-0.2, -0.15) is 0 Å². The molecule has 21 heteroatoms. The minimum absolute atomic E-state index is 0. The van der Waals surface area contributed by atoms with Crippen LogP contribution in [0.5, 0.6) is 0 Å². The Morgan fingerprint density at radius 2 is 0.889 bits per heavy atom. The topological polar surface area (TPSA) is 293 Å². The van der Waals surface area contributed by atoms with Crippen LogP contribution >= 0.6 is 0 Å². The van der Waals surface area contributed by atoms with Crippen LogP contribution in [0.15, 0.2) is 85.5 Å². The summed E-state index contributed by atoms with van der Waals surface area (Å²) >= 11 is 0. The highest BCUT2D eigenvalue weighted by Gasteiger charge is 2.30. The molecule has 72 heavy (non-hydrogen) atoms. The van der Waals surface area contributed by atoms with Crippen molar-refractivity contribution in [2.75, 3.05) is 159 Å². The van der Waals surface area contributed by atoms with Crippen molar-refractivity contribution in [3.05, 3.63) is 85.5 Å². The van der Waals surface area contributed by atoms with Crippen LogP contribution in [0.4, 0.5) is 0 Å². The van der Waals surface area contributed by atoms with Crippen molar-refractivity contribution >= 4 is 29.8 Å². The minimum Gasteiger partial charge on any atom is -0.550 e. The van der Waals surface area contributed by atoms with Crippen molar-refractivity contribution in [1.82, 2.24) is 10.6 Å². The smallest absolute Gasteiger partial charge is 0.359 e. The van der Waals surface area contributed by atoms with Crippen molar-refractivity contribution < 1.29 is 92.2 Å². The number of likely N-dealkylation sites (N-methyl/N-ethyl adjacent to an activating group) is 3. The van der Waals surface area contributed by atoms with Gasteiger partial charge in [-0.15, -0.1) is 0 Å². The summed E-state index contributed by atoms with van der Waals surface area (Å²) in [4.78, 5) is 54.2. The minimum atomic E-state index is -1.06. The largest absolute Gasteiger partial charge is 0.550 e. The normalized spacial score (nSPS) is 13.6. The van der Waals surface area contributed by atoms with Crippen molar-refractivity contribution in [1.29, 1.82) is 0 Å². The van der Waals surface area contributed by atoms with E-state index in [0.717, 1.165) is 34.5 Å². The van der Waals surface area contributed by atoms with Gasteiger partial charge in [0, 0.05) is 29.4 Å². The molecule has 0 bridgehead atoms. The number of ether oxygens (including phenoxy) is 2. The second-order valence-electron chi connectivity index (χ2n) is 18.4. The maximum absolute atomic E-state index is 11.3. The number of esters is 1. The molecule has 418 valence electrons. The van der Waals surface area contributed by atoms with E-state index in [9.17, 15) is 29.1 Å². The van der Waals surface area contributed by atoms with Crippen LogP contribution in [0.3, 0.4) is 0 Å². The fraction of sp³-hybridized carbons (Fsp3) is 0.627. The van der Waals surface area contributed by atoms with E-state index < -0.39 is 29.8 Å². The molecule has 0 rings (SSSR count). The molecule has 0 aliphatic heterocycles. The van der Waals surface area contributed by atoms with Gasteiger partial charge in [0.25, 0.3) is 0 Å². The van der Waals surface area contributed by atoms with Crippen LogP contribution in [0.2, 0.25) is 0 Å². The molecule has 0 radical (unpaired) electrons. The van der Waals surface area contributed by atoms with Crippen LogP contribution in [0.25, 0.3) is 0 Å².